The van der Waals surface area contributed by atoms with Crippen LogP contribution in [0.2, 0.25) is 0 Å². The van der Waals surface area contributed by atoms with Gasteiger partial charge < -0.3 is 15.2 Å². The van der Waals surface area contributed by atoms with Gasteiger partial charge >= 0.3 is 12.1 Å². The molecule has 1 atom stereocenters. The molecule has 2 aliphatic rings. The molecule has 11 heteroatoms. The van der Waals surface area contributed by atoms with Gasteiger partial charge in [-0.15, -0.1) is 0 Å². The topological polar surface area (TPSA) is 120 Å². The molecule has 0 aromatic heterocycles. The van der Waals surface area contributed by atoms with Gasteiger partial charge in [0, 0.05) is 19.5 Å². The molecule has 2 amide bonds. The van der Waals surface area contributed by atoms with Gasteiger partial charge in [-0.2, -0.15) is 4.99 Å². The highest BCUT2D eigenvalue weighted by Gasteiger charge is 2.37. The standard InChI is InChI=1S/C23H29FN4O5S/c1-22(2,3)33-21(32)27-23(4,19(30)31)13-15-11-16(24)8-7-14(15)12-17-18(29)26-20(34-17)28-10-6-5-9-25-28/h7-8,11-12,25H,5-6,9-10,13H2,1-4H3,(H,27,32)(H,30,31)/b17-12-. The number of hydrogen-bond donors (Lipinski definition) is 3. The van der Waals surface area contributed by atoms with Crippen molar-refractivity contribution in [1.82, 2.24) is 15.8 Å². The summed E-state index contributed by atoms with van der Waals surface area (Å²) < 4.78 is 19.3. The van der Waals surface area contributed by atoms with Gasteiger partial charge in [-0.05, 0) is 81.6 Å². The fourth-order valence-electron chi connectivity index (χ4n) is 3.46. The van der Waals surface area contributed by atoms with Gasteiger partial charge in [-0.3, -0.25) is 9.80 Å². The number of thioether (sulfide) groups is 1. The van der Waals surface area contributed by atoms with Gasteiger partial charge in [-0.25, -0.2) is 19.4 Å². The zero-order valence-electron chi connectivity index (χ0n) is 19.6. The van der Waals surface area contributed by atoms with E-state index in [2.05, 4.69) is 15.7 Å². The third-order valence-corrected chi connectivity index (χ3v) is 6.14. The number of carboxylic acids is 1. The number of hydrogen-bond acceptors (Lipinski definition) is 7. The minimum atomic E-state index is -1.78. The Hall–Kier alpha value is -2.92. The van der Waals surface area contributed by atoms with E-state index in [9.17, 15) is 23.9 Å². The van der Waals surface area contributed by atoms with Crippen LogP contribution in [0.1, 0.15) is 51.7 Å². The first kappa shape index (κ1) is 25.7. The van der Waals surface area contributed by atoms with Crippen molar-refractivity contribution in [1.29, 1.82) is 0 Å². The molecule has 0 spiro atoms. The number of hydrazine groups is 1. The Morgan fingerprint density at radius 2 is 2.06 bits per heavy atom. The molecule has 0 saturated carbocycles. The molecule has 1 unspecified atom stereocenters. The fourth-order valence-corrected chi connectivity index (χ4v) is 4.37. The van der Waals surface area contributed by atoms with Gasteiger partial charge in [0.25, 0.3) is 5.91 Å². The van der Waals surface area contributed by atoms with E-state index in [1.54, 1.807) is 26.8 Å². The smallest absolute Gasteiger partial charge is 0.408 e. The zero-order chi connectivity index (χ0) is 25.1. The number of amidine groups is 1. The Kier molecular flexibility index (Phi) is 7.67. The lowest BCUT2D eigenvalue weighted by molar-refractivity contribution is -0.144. The highest BCUT2D eigenvalue weighted by Crippen LogP contribution is 2.32. The minimum absolute atomic E-state index is 0.237. The molecule has 184 valence electrons. The van der Waals surface area contributed by atoms with E-state index in [1.165, 1.54) is 36.9 Å². The maximum absolute atomic E-state index is 14.1. The first-order valence-electron chi connectivity index (χ1n) is 10.9. The number of halogens is 1. The van der Waals surface area contributed by atoms with Crippen LogP contribution in [0.4, 0.5) is 9.18 Å². The molecule has 2 heterocycles. The van der Waals surface area contributed by atoms with E-state index in [0.717, 1.165) is 25.9 Å². The maximum atomic E-state index is 14.1. The van der Waals surface area contributed by atoms with Crippen LogP contribution >= 0.6 is 11.8 Å². The summed E-state index contributed by atoms with van der Waals surface area (Å²) in [6, 6.07) is 3.90. The summed E-state index contributed by atoms with van der Waals surface area (Å²) in [4.78, 5) is 41.3. The van der Waals surface area contributed by atoms with Crippen molar-refractivity contribution in [3.05, 3.63) is 40.0 Å². The van der Waals surface area contributed by atoms with E-state index >= 15 is 0 Å². The minimum Gasteiger partial charge on any atom is -0.480 e. The number of alkyl carbamates (subject to hydrolysis) is 1. The average Bonchev–Trinajstić information content (AvgIpc) is 3.09. The zero-order valence-corrected chi connectivity index (χ0v) is 20.4. The summed E-state index contributed by atoms with van der Waals surface area (Å²) in [6.45, 7) is 7.84. The van der Waals surface area contributed by atoms with Gasteiger partial charge in [0.2, 0.25) is 0 Å². The van der Waals surface area contributed by atoms with E-state index in [1.807, 2.05) is 5.01 Å². The summed E-state index contributed by atoms with van der Waals surface area (Å²) in [5, 5.41) is 14.6. The molecule has 34 heavy (non-hydrogen) atoms. The molecule has 9 nitrogen and oxygen atoms in total. The third kappa shape index (κ3) is 6.57. The second-order valence-electron chi connectivity index (χ2n) is 9.36. The molecular formula is C23H29FN4O5S. The lowest BCUT2D eigenvalue weighted by Gasteiger charge is -2.29. The number of nitrogens with zero attached hydrogens (tertiary/aromatic N) is 2. The predicted octanol–water partition coefficient (Wildman–Crippen LogP) is 3.31. The summed E-state index contributed by atoms with van der Waals surface area (Å²) in [5.41, 5.74) is 1.36. The molecule has 1 fully saturated rings. The van der Waals surface area contributed by atoms with Crippen molar-refractivity contribution >= 4 is 41.0 Å². The maximum Gasteiger partial charge on any atom is 0.408 e. The van der Waals surface area contributed by atoms with E-state index in [4.69, 9.17) is 4.74 Å². The van der Waals surface area contributed by atoms with Crippen LogP contribution in [0.3, 0.4) is 0 Å². The van der Waals surface area contributed by atoms with Crippen LogP contribution in [0.15, 0.2) is 28.1 Å². The van der Waals surface area contributed by atoms with Crippen LogP contribution in [0.25, 0.3) is 6.08 Å². The Morgan fingerprint density at radius 3 is 2.68 bits per heavy atom. The summed E-state index contributed by atoms with van der Waals surface area (Å²) in [6.07, 6.45) is 2.46. The second-order valence-corrected chi connectivity index (χ2v) is 10.4. The van der Waals surface area contributed by atoms with Crippen molar-refractivity contribution < 1.29 is 28.6 Å². The van der Waals surface area contributed by atoms with Gasteiger partial charge in [0.1, 0.15) is 17.0 Å². The molecule has 0 radical (unpaired) electrons. The highest BCUT2D eigenvalue weighted by molar-refractivity contribution is 8.18. The van der Waals surface area contributed by atoms with Crippen LogP contribution in [-0.4, -0.2) is 57.5 Å². The molecule has 1 aromatic rings. The number of aliphatic imine (C=N–C) groups is 1. The summed E-state index contributed by atoms with van der Waals surface area (Å²) in [7, 11) is 0. The molecule has 3 rings (SSSR count). The lowest BCUT2D eigenvalue weighted by atomic mass is 9.90. The molecule has 1 saturated heterocycles. The lowest BCUT2D eigenvalue weighted by Crippen LogP contribution is -2.55. The Balaban J connectivity index is 1.85. The SMILES string of the molecule is CC(C)(C)OC(=O)NC(C)(Cc1cc(F)ccc1/C=C1\SC(N2CCCCN2)=NC1=O)C(=O)O. The van der Waals surface area contributed by atoms with E-state index in [-0.39, 0.29) is 6.42 Å². The summed E-state index contributed by atoms with van der Waals surface area (Å²) in [5.74, 6) is -2.30. The van der Waals surface area contributed by atoms with E-state index in [0.29, 0.717) is 21.2 Å². The van der Waals surface area contributed by atoms with Crippen molar-refractivity contribution in [3.63, 3.8) is 0 Å². The van der Waals surface area contributed by atoms with Crippen LogP contribution in [0, 0.1) is 5.82 Å². The second kappa shape index (κ2) is 10.1. The Morgan fingerprint density at radius 1 is 1.32 bits per heavy atom. The van der Waals surface area contributed by atoms with Gasteiger partial charge in [-0.1, -0.05) is 6.07 Å². The number of nitrogens with one attached hydrogen (secondary N) is 2. The predicted molar refractivity (Wildman–Crippen MR) is 127 cm³/mol. The number of benzene rings is 1. The number of rotatable bonds is 5. The molecular weight excluding hydrogens is 463 g/mol. The van der Waals surface area contributed by atoms with Crippen molar-refractivity contribution in [2.45, 2.75) is 58.1 Å². The molecule has 3 N–H and O–H groups in total. The first-order valence-corrected chi connectivity index (χ1v) is 11.7. The van der Waals surface area contributed by atoms with Crippen molar-refractivity contribution in [3.8, 4) is 0 Å². The third-order valence-electron chi connectivity index (χ3n) is 5.14. The largest absolute Gasteiger partial charge is 0.480 e. The van der Waals surface area contributed by atoms with Gasteiger partial charge in [0.15, 0.2) is 5.17 Å². The monoisotopic (exact) mass is 492 g/mol. The first-order chi connectivity index (χ1) is 15.9. The fraction of sp³-hybridized carbons (Fsp3) is 0.478. The number of amides is 2. The van der Waals surface area contributed by atoms with Gasteiger partial charge in [0.05, 0.1) is 4.91 Å². The normalized spacial score (nSPS) is 19.6. The van der Waals surface area contributed by atoms with Crippen LogP contribution in [0.5, 0.6) is 0 Å². The number of carbonyl (C=O) groups excluding carboxylic acids is 2. The van der Waals surface area contributed by atoms with Crippen molar-refractivity contribution in [2.75, 3.05) is 13.1 Å². The molecule has 0 bridgehead atoms. The van der Waals surface area contributed by atoms with Crippen molar-refractivity contribution in [2.24, 2.45) is 4.99 Å². The van der Waals surface area contributed by atoms with Crippen LogP contribution < -0.4 is 10.7 Å². The Bertz CT molecular complexity index is 1050. The molecule has 1 aromatic carbocycles. The Labute approximate surface area is 201 Å². The quantitative estimate of drug-likeness (QED) is 0.536. The van der Waals surface area contributed by atoms with Crippen LogP contribution in [-0.2, 0) is 20.7 Å². The molecule has 0 aliphatic carbocycles. The number of carbonyl (C=O) groups is 3. The summed E-state index contributed by atoms with van der Waals surface area (Å²) >= 11 is 1.20. The van der Waals surface area contributed by atoms with E-state index < -0.39 is 34.9 Å². The number of ether oxygens (including phenoxy) is 1. The average molecular weight is 493 g/mol. The molecule has 2 aliphatic heterocycles. The number of carboxylic acid groups (broad SMARTS) is 1. The highest BCUT2D eigenvalue weighted by atomic mass is 32.2. The number of aliphatic carboxylic acids is 1.